The van der Waals surface area contributed by atoms with E-state index in [0.717, 1.165) is 0 Å². The molecule has 1 atom stereocenters. The number of benzene rings is 1. The van der Waals surface area contributed by atoms with Crippen LogP contribution in [0.3, 0.4) is 0 Å². The zero-order chi connectivity index (χ0) is 15.6. The minimum absolute atomic E-state index is 0.0489. The van der Waals surface area contributed by atoms with E-state index in [-0.39, 0.29) is 10.8 Å². The lowest BCUT2D eigenvalue weighted by Gasteiger charge is -2.15. The summed E-state index contributed by atoms with van der Waals surface area (Å²) in [6.07, 6.45) is 0.767. The van der Waals surface area contributed by atoms with Crippen LogP contribution in [0.2, 0.25) is 0 Å². The fourth-order valence-corrected chi connectivity index (χ4v) is 2.94. The number of hydrogen-bond donors (Lipinski definition) is 1. The van der Waals surface area contributed by atoms with Crippen LogP contribution in [0.1, 0.15) is 6.92 Å². The maximum absolute atomic E-state index is 11.6. The van der Waals surface area contributed by atoms with Crippen molar-refractivity contribution in [1.29, 1.82) is 0 Å². The molecular formula is C13H13ClN2O4S. The van der Waals surface area contributed by atoms with Crippen LogP contribution in [0.25, 0.3) is 10.9 Å². The first kappa shape index (κ1) is 15.5. The van der Waals surface area contributed by atoms with Crippen LogP contribution >= 0.6 is 10.7 Å². The van der Waals surface area contributed by atoms with E-state index in [1.54, 1.807) is 19.1 Å². The molecule has 2 aromatic rings. The van der Waals surface area contributed by atoms with Gasteiger partial charge in [-0.2, -0.15) is 0 Å². The second kappa shape index (κ2) is 5.87. The van der Waals surface area contributed by atoms with Gasteiger partial charge in [-0.3, -0.25) is 9.78 Å². The molecule has 1 heterocycles. The van der Waals surface area contributed by atoms with Gasteiger partial charge >= 0.3 is 0 Å². The van der Waals surface area contributed by atoms with Crippen molar-refractivity contribution in [2.75, 3.05) is 7.05 Å². The second-order valence-corrected chi connectivity index (χ2v) is 6.81. The standard InChI is InChI=1S/C13H13ClN2O4S/c1-8(13(17)15-2)20-10-5-6-11(21(14,18)19)9-4-3-7-16-12(9)10/h3-8H,1-2H3,(H,15,17). The third-order valence-electron chi connectivity index (χ3n) is 2.87. The molecule has 1 aromatic heterocycles. The quantitative estimate of drug-likeness (QED) is 0.863. The van der Waals surface area contributed by atoms with E-state index >= 15 is 0 Å². The normalized spacial score (nSPS) is 12.9. The van der Waals surface area contributed by atoms with Crippen molar-refractivity contribution < 1.29 is 17.9 Å². The highest BCUT2D eigenvalue weighted by Gasteiger charge is 2.19. The van der Waals surface area contributed by atoms with Crippen LogP contribution in [0, 0.1) is 0 Å². The molecule has 0 saturated carbocycles. The zero-order valence-corrected chi connectivity index (χ0v) is 12.9. The minimum atomic E-state index is -3.90. The highest BCUT2D eigenvalue weighted by Crippen LogP contribution is 2.31. The van der Waals surface area contributed by atoms with Gasteiger partial charge in [0.1, 0.15) is 11.3 Å². The number of nitrogens with zero attached hydrogens (tertiary/aromatic N) is 1. The fourth-order valence-electron chi connectivity index (χ4n) is 1.88. The maximum atomic E-state index is 11.6. The molecule has 112 valence electrons. The molecule has 0 radical (unpaired) electrons. The molecule has 1 aromatic carbocycles. The molecule has 0 aliphatic heterocycles. The Morgan fingerprint density at radius 2 is 2.10 bits per heavy atom. The van der Waals surface area contributed by atoms with E-state index in [4.69, 9.17) is 15.4 Å². The molecule has 0 aliphatic rings. The highest BCUT2D eigenvalue weighted by atomic mass is 35.7. The lowest BCUT2D eigenvalue weighted by molar-refractivity contribution is -0.126. The van der Waals surface area contributed by atoms with Gasteiger partial charge in [-0.05, 0) is 31.2 Å². The number of carbonyl (C=O) groups is 1. The first-order valence-electron chi connectivity index (χ1n) is 6.05. The van der Waals surface area contributed by atoms with E-state index in [1.807, 2.05) is 0 Å². The Morgan fingerprint density at radius 3 is 2.71 bits per heavy atom. The Labute approximate surface area is 126 Å². The number of hydrogen-bond acceptors (Lipinski definition) is 5. The van der Waals surface area contributed by atoms with Crippen LogP contribution < -0.4 is 10.1 Å². The van der Waals surface area contributed by atoms with Gasteiger partial charge in [-0.25, -0.2) is 8.42 Å². The Bertz CT molecular complexity index is 792. The van der Waals surface area contributed by atoms with Gasteiger partial charge in [0, 0.05) is 29.3 Å². The van der Waals surface area contributed by atoms with Crippen molar-refractivity contribution in [3.05, 3.63) is 30.5 Å². The number of likely N-dealkylation sites (N-methyl/N-ethyl adjacent to an activating group) is 1. The van der Waals surface area contributed by atoms with Crippen molar-refractivity contribution >= 4 is 36.5 Å². The third-order valence-corrected chi connectivity index (χ3v) is 4.25. The van der Waals surface area contributed by atoms with E-state index in [1.165, 1.54) is 25.4 Å². The van der Waals surface area contributed by atoms with Gasteiger partial charge in [0.05, 0.1) is 4.90 Å². The van der Waals surface area contributed by atoms with Crippen LogP contribution in [-0.2, 0) is 13.8 Å². The lowest BCUT2D eigenvalue weighted by atomic mass is 10.2. The van der Waals surface area contributed by atoms with E-state index in [9.17, 15) is 13.2 Å². The second-order valence-electron chi connectivity index (χ2n) is 4.27. The number of nitrogens with one attached hydrogen (secondary N) is 1. The van der Waals surface area contributed by atoms with Crippen molar-refractivity contribution in [2.45, 2.75) is 17.9 Å². The molecule has 8 heteroatoms. The molecule has 0 spiro atoms. The average Bonchev–Trinajstić information content (AvgIpc) is 2.45. The van der Waals surface area contributed by atoms with Crippen molar-refractivity contribution in [2.24, 2.45) is 0 Å². The summed E-state index contributed by atoms with van der Waals surface area (Å²) in [4.78, 5) is 15.6. The smallest absolute Gasteiger partial charge is 0.261 e. The summed E-state index contributed by atoms with van der Waals surface area (Å²) in [6.45, 7) is 1.58. The van der Waals surface area contributed by atoms with Crippen LogP contribution in [0.5, 0.6) is 5.75 Å². The van der Waals surface area contributed by atoms with Crippen LogP contribution in [-0.4, -0.2) is 32.5 Å². The summed E-state index contributed by atoms with van der Waals surface area (Å²) in [7, 11) is 3.01. The first-order chi connectivity index (χ1) is 9.84. The van der Waals surface area contributed by atoms with Crippen LogP contribution in [0.4, 0.5) is 0 Å². The molecule has 2 rings (SSSR count). The molecular weight excluding hydrogens is 316 g/mol. The molecule has 6 nitrogen and oxygen atoms in total. The van der Waals surface area contributed by atoms with Gasteiger partial charge in [-0.1, -0.05) is 0 Å². The number of fused-ring (bicyclic) bond motifs is 1. The number of aromatic nitrogens is 1. The Balaban J connectivity index is 2.56. The van der Waals surface area contributed by atoms with E-state index < -0.39 is 15.2 Å². The van der Waals surface area contributed by atoms with E-state index in [2.05, 4.69) is 10.3 Å². The largest absolute Gasteiger partial charge is 0.479 e. The molecule has 1 unspecified atom stereocenters. The third kappa shape index (κ3) is 3.25. The summed E-state index contributed by atoms with van der Waals surface area (Å²) < 4.78 is 28.7. The Morgan fingerprint density at radius 1 is 1.38 bits per heavy atom. The number of amides is 1. The zero-order valence-electron chi connectivity index (χ0n) is 11.3. The number of carbonyl (C=O) groups excluding carboxylic acids is 1. The summed E-state index contributed by atoms with van der Waals surface area (Å²) in [5.74, 6) is 0.0129. The Kier molecular flexibility index (Phi) is 4.34. The number of rotatable bonds is 4. The molecule has 0 aliphatic carbocycles. The number of halogens is 1. The fraction of sp³-hybridized carbons (Fsp3) is 0.231. The number of pyridine rings is 1. The van der Waals surface area contributed by atoms with Crippen molar-refractivity contribution in [1.82, 2.24) is 10.3 Å². The van der Waals surface area contributed by atoms with Gasteiger partial charge in [0.25, 0.3) is 15.0 Å². The molecule has 0 fully saturated rings. The van der Waals surface area contributed by atoms with Gasteiger partial charge < -0.3 is 10.1 Å². The van der Waals surface area contributed by atoms with Gasteiger partial charge in [0.15, 0.2) is 6.10 Å². The average molecular weight is 329 g/mol. The van der Waals surface area contributed by atoms with Crippen molar-refractivity contribution in [3.8, 4) is 5.75 Å². The predicted octanol–water partition coefficient (Wildman–Crippen LogP) is 1.68. The minimum Gasteiger partial charge on any atom is -0.479 e. The SMILES string of the molecule is CNC(=O)C(C)Oc1ccc(S(=O)(=O)Cl)c2cccnc12. The molecule has 1 amide bonds. The summed E-state index contributed by atoms with van der Waals surface area (Å²) in [5, 5.41) is 2.81. The Hall–Kier alpha value is -1.86. The first-order valence-corrected chi connectivity index (χ1v) is 8.36. The summed E-state index contributed by atoms with van der Waals surface area (Å²) in [6, 6.07) is 5.94. The summed E-state index contributed by atoms with van der Waals surface area (Å²) in [5.41, 5.74) is 0.329. The number of ether oxygens (including phenoxy) is 1. The highest BCUT2D eigenvalue weighted by molar-refractivity contribution is 8.14. The topological polar surface area (TPSA) is 85.4 Å². The lowest BCUT2D eigenvalue weighted by Crippen LogP contribution is -2.33. The van der Waals surface area contributed by atoms with Gasteiger partial charge in [-0.15, -0.1) is 0 Å². The summed E-state index contributed by atoms with van der Waals surface area (Å²) >= 11 is 0. The predicted molar refractivity (Wildman–Crippen MR) is 78.9 cm³/mol. The van der Waals surface area contributed by atoms with Crippen LogP contribution in [0.15, 0.2) is 35.4 Å². The monoisotopic (exact) mass is 328 g/mol. The van der Waals surface area contributed by atoms with Crippen molar-refractivity contribution in [3.63, 3.8) is 0 Å². The molecule has 1 N–H and O–H groups in total. The molecule has 0 saturated heterocycles. The van der Waals surface area contributed by atoms with E-state index in [0.29, 0.717) is 16.7 Å². The molecule has 21 heavy (non-hydrogen) atoms. The molecule has 0 bridgehead atoms. The van der Waals surface area contributed by atoms with Gasteiger partial charge in [0.2, 0.25) is 0 Å². The maximum Gasteiger partial charge on any atom is 0.261 e.